The Morgan fingerprint density at radius 2 is 2.23 bits per heavy atom. The van der Waals surface area contributed by atoms with E-state index in [1.165, 1.54) is 0 Å². The topological polar surface area (TPSA) is 66.4 Å². The van der Waals surface area contributed by atoms with Gasteiger partial charge in [0.2, 0.25) is 0 Å². The van der Waals surface area contributed by atoms with E-state index in [2.05, 4.69) is 20.6 Å². The highest BCUT2D eigenvalue weighted by atomic mass is 32.2. The molecule has 0 saturated heterocycles. The SMILES string of the molecule is CCS(=O)C1CCCC(NC(=NC)NCCc2nc(C(F)(F)F)cs2)C1. The van der Waals surface area contributed by atoms with Crippen molar-refractivity contribution in [1.82, 2.24) is 15.6 Å². The molecule has 0 aromatic carbocycles. The summed E-state index contributed by atoms with van der Waals surface area (Å²) in [6, 6.07) is 0.215. The van der Waals surface area contributed by atoms with Gasteiger partial charge in [-0.15, -0.1) is 11.3 Å². The highest BCUT2D eigenvalue weighted by Gasteiger charge is 2.33. The third kappa shape index (κ3) is 6.22. The molecule has 1 aliphatic rings. The Hall–Kier alpha value is -1.16. The Bertz CT molecular complexity index is 633. The number of guanidine groups is 1. The van der Waals surface area contributed by atoms with Crippen LogP contribution in [0, 0.1) is 0 Å². The monoisotopic (exact) mass is 410 g/mol. The fourth-order valence-corrected chi connectivity index (χ4v) is 5.14. The van der Waals surface area contributed by atoms with Crippen molar-refractivity contribution in [3.05, 3.63) is 16.1 Å². The Morgan fingerprint density at radius 1 is 1.46 bits per heavy atom. The predicted octanol–water partition coefficient (Wildman–Crippen LogP) is 2.95. The molecule has 1 saturated carbocycles. The second-order valence-corrected chi connectivity index (χ2v) is 9.12. The zero-order valence-corrected chi connectivity index (χ0v) is 16.6. The second-order valence-electron chi connectivity index (χ2n) is 6.17. The molecule has 1 fully saturated rings. The summed E-state index contributed by atoms with van der Waals surface area (Å²) in [6.07, 6.45) is -0.118. The van der Waals surface area contributed by atoms with Gasteiger partial charge < -0.3 is 10.6 Å². The molecule has 26 heavy (non-hydrogen) atoms. The summed E-state index contributed by atoms with van der Waals surface area (Å²) in [5.74, 6) is 1.29. The molecule has 2 N–H and O–H groups in total. The number of nitrogens with zero attached hydrogens (tertiary/aromatic N) is 2. The Labute approximate surface area is 158 Å². The lowest BCUT2D eigenvalue weighted by molar-refractivity contribution is -0.140. The molecular weight excluding hydrogens is 385 g/mol. The van der Waals surface area contributed by atoms with Crippen LogP contribution in [0.5, 0.6) is 0 Å². The summed E-state index contributed by atoms with van der Waals surface area (Å²) in [5.41, 5.74) is -0.836. The molecule has 1 aromatic heterocycles. The first-order chi connectivity index (χ1) is 12.3. The smallest absolute Gasteiger partial charge is 0.356 e. The van der Waals surface area contributed by atoms with Gasteiger partial charge in [0.1, 0.15) is 0 Å². The van der Waals surface area contributed by atoms with E-state index < -0.39 is 22.7 Å². The summed E-state index contributed by atoms with van der Waals surface area (Å²) in [4.78, 5) is 7.79. The van der Waals surface area contributed by atoms with Crippen molar-refractivity contribution in [2.75, 3.05) is 19.3 Å². The molecule has 0 bridgehead atoms. The number of hydrogen-bond acceptors (Lipinski definition) is 4. The highest BCUT2D eigenvalue weighted by molar-refractivity contribution is 7.85. The molecule has 1 aliphatic carbocycles. The molecule has 3 atom stereocenters. The minimum absolute atomic E-state index is 0.215. The fraction of sp³-hybridized carbons (Fsp3) is 0.750. The fourth-order valence-electron chi connectivity index (χ4n) is 2.98. The summed E-state index contributed by atoms with van der Waals surface area (Å²) in [7, 11) is 0.872. The van der Waals surface area contributed by atoms with E-state index >= 15 is 0 Å². The first kappa shape index (κ1) is 21.1. The highest BCUT2D eigenvalue weighted by Crippen LogP contribution is 2.30. The summed E-state index contributed by atoms with van der Waals surface area (Å²) >= 11 is 1.01. The summed E-state index contributed by atoms with van der Waals surface area (Å²) in [5, 5.41) is 8.16. The van der Waals surface area contributed by atoms with Crippen LogP contribution in [0.4, 0.5) is 13.2 Å². The molecule has 0 spiro atoms. The van der Waals surface area contributed by atoms with Crippen LogP contribution in [0.2, 0.25) is 0 Å². The van der Waals surface area contributed by atoms with Gasteiger partial charge in [0, 0.05) is 53.2 Å². The lowest BCUT2D eigenvalue weighted by Crippen LogP contribution is -2.47. The number of halogens is 3. The van der Waals surface area contributed by atoms with Gasteiger partial charge >= 0.3 is 6.18 Å². The molecule has 10 heteroatoms. The number of thiazole rings is 1. The van der Waals surface area contributed by atoms with Crippen LogP contribution in [0.3, 0.4) is 0 Å². The number of hydrogen-bond donors (Lipinski definition) is 2. The van der Waals surface area contributed by atoms with Crippen molar-refractivity contribution in [3.63, 3.8) is 0 Å². The summed E-state index contributed by atoms with van der Waals surface area (Å²) in [6.45, 7) is 2.39. The van der Waals surface area contributed by atoms with Crippen molar-refractivity contribution in [2.24, 2.45) is 4.99 Å². The largest absolute Gasteiger partial charge is 0.434 e. The lowest BCUT2D eigenvalue weighted by Gasteiger charge is -2.30. The van der Waals surface area contributed by atoms with Crippen molar-refractivity contribution < 1.29 is 17.4 Å². The number of aromatic nitrogens is 1. The number of alkyl halides is 3. The molecular formula is C16H25F3N4OS2. The van der Waals surface area contributed by atoms with Crippen molar-refractivity contribution in [3.8, 4) is 0 Å². The van der Waals surface area contributed by atoms with Gasteiger partial charge in [-0.3, -0.25) is 9.20 Å². The van der Waals surface area contributed by atoms with Crippen LogP contribution < -0.4 is 10.6 Å². The van der Waals surface area contributed by atoms with Gasteiger partial charge in [-0.25, -0.2) is 4.98 Å². The van der Waals surface area contributed by atoms with E-state index in [9.17, 15) is 17.4 Å². The van der Waals surface area contributed by atoms with Crippen molar-refractivity contribution in [2.45, 2.75) is 56.5 Å². The van der Waals surface area contributed by atoms with Crippen molar-refractivity contribution in [1.29, 1.82) is 0 Å². The predicted molar refractivity (Wildman–Crippen MR) is 100 cm³/mol. The molecule has 0 aliphatic heterocycles. The van der Waals surface area contributed by atoms with E-state index in [-0.39, 0.29) is 11.3 Å². The van der Waals surface area contributed by atoms with E-state index in [0.29, 0.717) is 29.7 Å². The molecule has 2 rings (SSSR count). The average molecular weight is 411 g/mol. The molecule has 1 aromatic rings. The maximum Gasteiger partial charge on any atom is 0.434 e. The van der Waals surface area contributed by atoms with Gasteiger partial charge in [0.05, 0.1) is 5.01 Å². The summed E-state index contributed by atoms with van der Waals surface area (Å²) < 4.78 is 49.7. The van der Waals surface area contributed by atoms with Crippen LogP contribution in [-0.4, -0.2) is 45.8 Å². The Balaban J connectivity index is 1.79. The van der Waals surface area contributed by atoms with E-state index in [0.717, 1.165) is 42.4 Å². The van der Waals surface area contributed by atoms with Gasteiger partial charge in [-0.2, -0.15) is 13.2 Å². The van der Waals surface area contributed by atoms with Gasteiger partial charge in [-0.1, -0.05) is 13.3 Å². The van der Waals surface area contributed by atoms with Gasteiger partial charge in [-0.05, 0) is 19.3 Å². The van der Waals surface area contributed by atoms with Gasteiger partial charge in [0.15, 0.2) is 11.7 Å². The van der Waals surface area contributed by atoms with Crippen LogP contribution in [0.1, 0.15) is 43.3 Å². The molecule has 148 valence electrons. The Kier molecular flexibility index (Phi) is 7.87. The molecule has 0 amide bonds. The molecule has 1 heterocycles. The van der Waals surface area contributed by atoms with Crippen LogP contribution in [0.25, 0.3) is 0 Å². The first-order valence-electron chi connectivity index (χ1n) is 8.69. The Morgan fingerprint density at radius 3 is 2.85 bits per heavy atom. The molecule has 3 unspecified atom stereocenters. The maximum atomic E-state index is 12.6. The number of rotatable bonds is 6. The minimum Gasteiger partial charge on any atom is -0.356 e. The molecule has 5 nitrogen and oxygen atoms in total. The van der Waals surface area contributed by atoms with Gasteiger partial charge in [0.25, 0.3) is 0 Å². The third-order valence-electron chi connectivity index (χ3n) is 4.32. The van der Waals surface area contributed by atoms with E-state index in [1.807, 2.05) is 6.92 Å². The standard InChI is InChI=1S/C16H25F3N4OS2/c1-3-26(24)12-6-4-5-11(9-12)22-15(20-2)21-8-7-14-23-13(10-25-14)16(17,18)19/h10-12H,3-9H2,1-2H3,(H2,20,21,22). The third-order valence-corrected chi connectivity index (χ3v) is 6.97. The lowest BCUT2D eigenvalue weighted by atomic mass is 9.95. The maximum absolute atomic E-state index is 12.6. The molecule has 0 radical (unpaired) electrons. The zero-order chi connectivity index (χ0) is 19.2. The normalized spacial score (nSPS) is 22.9. The zero-order valence-electron chi connectivity index (χ0n) is 14.9. The first-order valence-corrected chi connectivity index (χ1v) is 11.0. The van der Waals surface area contributed by atoms with Crippen LogP contribution in [-0.2, 0) is 23.4 Å². The minimum atomic E-state index is -4.39. The second kappa shape index (κ2) is 9.68. The van der Waals surface area contributed by atoms with E-state index in [1.54, 1.807) is 7.05 Å². The van der Waals surface area contributed by atoms with Crippen LogP contribution in [0.15, 0.2) is 10.4 Å². The average Bonchev–Trinajstić information content (AvgIpc) is 3.09. The van der Waals surface area contributed by atoms with E-state index in [4.69, 9.17) is 0 Å². The van der Waals surface area contributed by atoms with Crippen LogP contribution >= 0.6 is 11.3 Å². The number of aliphatic imine (C=N–C) groups is 1. The number of nitrogens with one attached hydrogen (secondary N) is 2. The van der Waals surface area contributed by atoms with Crippen molar-refractivity contribution >= 4 is 28.1 Å². The quantitative estimate of drug-likeness (QED) is 0.559.